The van der Waals surface area contributed by atoms with Crippen molar-refractivity contribution in [2.45, 2.75) is 37.8 Å². The lowest BCUT2D eigenvalue weighted by Crippen LogP contribution is -2.43. The Bertz CT molecular complexity index is 215. The van der Waals surface area contributed by atoms with E-state index in [0.717, 1.165) is 32.1 Å². The van der Waals surface area contributed by atoms with Gasteiger partial charge in [0.15, 0.2) is 0 Å². The summed E-state index contributed by atoms with van der Waals surface area (Å²) in [5.41, 5.74) is 0. The second-order valence-corrected chi connectivity index (χ2v) is 5.56. The van der Waals surface area contributed by atoms with E-state index in [1.54, 1.807) is 7.11 Å². The molecule has 0 aromatic carbocycles. The van der Waals surface area contributed by atoms with Gasteiger partial charge < -0.3 is 15.2 Å². The molecule has 1 aliphatic carbocycles. The van der Waals surface area contributed by atoms with Crippen molar-refractivity contribution in [2.75, 3.05) is 39.9 Å². The van der Waals surface area contributed by atoms with Gasteiger partial charge in [0.2, 0.25) is 0 Å². The van der Waals surface area contributed by atoms with Crippen LogP contribution >= 0.6 is 0 Å². The molecule has 100 valence electrons. The van der Waals surface area contributed by atoms with Crippen LogP contribution in [0, 0.1) is 5.92 Å². The molecule has 2 fully saturated rings. The van der Waals surface area contributed by atoms with E-state index < -0.39 is 0 Å². The van der Waals surface area contributed by atoms with E-state index >= 15 is 0 Å². The predicted octanol–water partition coefficient (Wildman–Crippen LogP) is 0.458. The van der Waals surface area contributed by atoms with Crippen LogP contribution in [0.25, 0.3) is 0 Å². The van der Waals surface area contributed by atoms with Crippen LogP contribution in [0.3, 0.4) is 0 Å². The maximum atomic E-state index is 9.84. The molecule has 1 saturated heterocycles. The predicted molar refractivity (Wildman–Crippen MR) is 68.1 cm³/mol. The second-order valence-electron chi connectivity index (χ2n) is 5.56. The summed E-state index contributed by atoms with van der Waals surface area (Å²) in [7, 11) is 1.65. The highest BCUT2D eigenvalue weighted by Crippen LogP contribution is 2.30. The van der Waals surface area contributed by atoms with Crippen LogP contribution in [0.4, 0.5) is 0 Å². The Morgan fingerprint density at radius 3 is 2.76 bits per heavy atom. The first-order valence-corrected chi connectivity index (χ1v) is 6.90. The molecule has 0 amide bonds. The minimum atomic E-state index is -0.347. The highest BCUT2D eigenvalue weighted by molar-refractivity contribution is 4.83. The Hall–Kier alpha value is -0.160. The Balaban J connectivity index is 1.74. The molecule has 0 spiro atoms. The maximum absolute atomic E-state index is 9.84. The van der Waals surface area contributed by atoms with Crippen LogP contribution in [0.1, 0.15) is 25.7 Å². The first-order valence-electron chi connectivity index (χ1n) is 6.90. The van der Waals surface area contributed by atoms with Crippen molar-refractivity contribution in [3.8, 4) is 0 Å². The third-order valence-electron chi connectivity index (χ3n) is 3.68. The van der Waals surface area contributed by atoms with Crippen LogP contribution < -0.4 is 5.32 Å². The van der Waals surface area contributed by atoms with E-state index in [1.807, 2.05) is 0 Å². The number of hydrogen-bond acceptors (Lipinski definition) is 4. The zero-order valence-corrected chi connectivity index (χ0v) is 10.9. The SMILES string of the molecule is COCC(O)CN(CC1CC1)CC1CCCN1. The van der Waals surface area contributed by atoms with Crippen LogP contribution in [-0.2, 0) is 4.74 Å². The fourth-order valence-corrected chi connectivity index (χ4v) is 2.66. The van der Waals surface area contributed by atoms with Crippen molar-refractivity contribution < 1.29 is 9.84 Å². The summed E-state index contributed by atoms with van der Waals surface area (Å²) in [6, 6.07) is 0.628. The molecule has 0 aromatic rings. The fraction of sp³-hybridized carbons (Fsp3) is 1.00. The molecule has 4 nitrogen and oxygen atoms in total. The van der Waals surface area contributed by atoms with Crippen molar-refractivity contribution in [3.63, 3.8) is 0 Å². The van der Waals surface area contributed by atoms with Crippen molar-refractivity contribution in [1.29, 1.82) is 0 Å². The molecule has 2 rings (SSSR count). The van der Waals surface area contributed by atoms with Gasteiger partial charge in [-0.3, -0.25) is 4.90 Å². The van der Waals surface area contributed by atoms with E-state index in [4.69, 9.17) is 4.74 Å². The highest BCUT2D eigenvalue weighted by atomic mass is 16.5. The standard InChI is InChI=1S/C13H26N2O2/c1-17-10-13(16)9-15(7-11-4-5-11)8-12-3-2-6-14-12/h11-14,16H,2-10H2,1H3. The number of ether oxygens (including phenoxy) is 1. The lowest BCUT2D eigenvalue weighted by Gasteiger charge is -2.27. The smallest absolute Gasteiger partial charge is 0.0900 e. The van der Waals surface area contributed by atoms with Gasteiger partial charge in [-0.1, -0.05) is 0 Å². The number of hydrogen-bond donors (Lipinski definition) is 2. The topological polar surface area (TPSA) is 44.7 Å². The van der Waals surface area contributed by atoms with Gasteiger partial charge in [0, 0.05) is 32.8 Å². The molecule has 1 aliphatic heterocycles. The average molecular weight is 242 g/mol. The van der Waals surface area contributed by atoms with Crippen LogP contribution in [0.2, 0.25) is 0 Å². The van der Waals surface area contributed by atoms with Gasteiger partial charge >= 0.3 is 0 Å². The Kier molecular flexibility index (Phi) is 5.22. The highest BCUT2D eigenvalue weighted by Gasteiger charge is 2.27. The summed E-state index contributed by atoms with van der Waals surface area (Å²) in [4.78, 5) is 2.42. The molecule has 2 aliphatic rings. The molecule has 1 saturated carbocycles. The molecule has 2 unspecified atom stereocenters. The summed E-state index contributed by atoms with van der Waals surface area (Å²) < 4.78 is 5.00. The van der Waals surface area contributed by atoms with Gasteiger partial charge in [-0.25, -0.2) is 0 Å². The second kappa shape index (κ2) is 6.69. The molecule has 17 heavy (non-hydrogen) atoms. The quantitative estimate of drug-likeness (QED) is 0.649. The summed E-state index contributed by atoms with van der Waals surface area (Å²) in [6.07, 6.45) is 4.97. The Morgan fingerprint density at radius 1 is 1.35 bits per heavy atom. The number of nitrogens with zero attached hydrogens (tertiary/aromatic N) is 1. The molecule has 1 heterocycles. The van der Waals surface area contributed by atoms with Gasteiger partial charge in [-0.15, -0.1) is 0 Å². The minimum absolute atomic E-state index is 0.347. The number of aliphatic hydroxyl groups excluding tert-OH is 1. The molecular weight excluding hydrogens is 216 g/mol. The van der Waals surface area contributed by atoms with E-state index in [0.29, 0.717) is 12.6 Å². The van der Waals surface area contributed by atoms with Crippen molar-refractivity contribution in [2.24, 2.45) is 5.92 Å². The Morgan fingerprint density at radius 2 is 2.18 bits per heavy atom. The van der Waals surface area contributed by atoms with E-state index in [2.05, 4.69) is 10.2 Å². The maximum Gasteiger partial charge on any atom is 0.0900 e. The monoisotopic (exact) mass is 242 g/mol. The molecular formula is C13H26N2O2. The van der Waals surface area contributed by atoms with Crippen LogP contribution in [0.5, 0.6) is 0 Å². The number of rotatable bonds is 8. The van der Waals surface area contributed by atoms with Gasteiger partial charge in [0.25, 0.3) is 0 Å². The summed E-state index contributed by atoms with van der Waals surface area (Å²) >= 11 is 0. The molecule has 4 heteroatoms. The number of nitrogens with one attached hydrogen (secondary N) is 1. The van der Waals surface area contributed by atoms with Crippen molar-refractivity contribution in [1.82, 2.24) is 10.2 Å². The zero-order valence-electron chi connectivity index (χ0n) is 10.9. The van der Waals surface area contributed by atoms with Gasteiger partial charge in [-0.05, 0) is 38.1 Å². The normalized spacial score (nSPS) is 26.6. The molecule has 0 radical (unpaired) electrons. The first kappa shape index (κ1) is 13.3. The molecule has 0 bridgehead atoms. The number of aliphatic hydroxyl groups is 1. The van der Waals surface area contributed by atoms with Gasteiger partial charge in [0.1, 0.15) is 0 Å². The summed E-state index contributed by atoms with van der Waals surface area (Å²) in [5, 5.41) is 13.4. The van der Waals surface area contributed by atoms with E-state index in [9.17, 15) is 5.11 Å². The molecule has 2 atom stereocenters. The lowest BCUT2D eigenvalue weighted by atomic mass is 10.2. The summed E-state index contributed by atoms with van der Waals surface area (Å²) in [6.45, 7) is 4.58. The minimum Gasteiger partial charge on any atom is -0.389 e. The van der Waals surface area contributed by atoms with Crippen molar-refractivity contribution in [3.05, 3.63) is 0 Å². The summed E-state index contributed by atoms with van der Waals surface area (Å²) in [5.74, 6) is 0.881. The third kappa shape index (κ3) is 4.92. The van der Waals surface area contributed by atoms with Crippen molar-refractivity contribution >= 4 is 0 Å². The molecule has 2 N–H and O–H groups in total. The van der Waals surface area contributed by atoms with Crippen LogP contribution in [0.15, 0.2) is 0 Å². The van der Waals surface area contributed by atoms with Gasteiger partial charge in [0.05, 0.1) is 12.7 Å². The van der Waals surface area contributed by atoms with Gasteiger partial charge in [-0.2, -0.15) is 0 Å². The number of methoxy groups -OCH3 is 1. The Labute approximate surface area is 104 Å². The largest absolute Gasteiger partial charge is 0.389 e. The van der Waals surface area contributed by atoms with E-state index in [-0.39, 0.29) is 6.10 Å². The van der Waals surface area contributed by atoms with Crippen LogP contribution in [-0.4, -0.2) is 62.0 Å². The average Bonchev–Trinajstić information content (AvgIpc) is 2.93. The van der Waals surface area contributed by atoms with E-state index in [1.165, 1.54) is 25.7 Å². The molecule has 0 aromatic heterocycles. The third-order valence-corrected chi connectivity index (χ3v) is 3.68. The fourth-order valence-electron chi connectivity index (χ4n) is 2.66. The lowest BCUT2D eigenvalue weighted by molar-refractivity contribution is 0.0348. The first-order chi connectivity index (χ1) is 8.28. The zero-order chi connectivity index (χ0) is 12.1.